The smallest absolute Gasteiger partial charge is 0.265 e. The molecule has 0 unspecified atom stereocenters. The molecule has 2 heterocycles. The van der Waals surface area contributed by atoms with Crippen molar-refractivity contribution in [2.45, 2.75) is 13.8 Å². The summed E-state index contributed by atoms with van der Waals surface area (Å²) in [4.78, 5) is 43.1. The zero-order valence-electron chi connectivity index (χ0n) is 23.1. The van der Waals surface area contributed by atoms with Gasteiger partial charge < -0.3 is 29.7 Å². The third-order valence-electron chi connectivity index (χ3n) is 6.59. The number of hydrogen-bond donors (Lipinski definition) is 2. The van der Waals surface area contributed by atoms with Crippen molar-refractivity contribution >= 4 is 40.5 Å². The van der Waals surface area contributed by atoms with E-state index in [2.05, 4.69) is 15.6 Å². The van der Waals surface area contributed by atoms with Crippen LogP contribution >= 0.6 is 0 Å². The average molecular weight is 589 g/mol. The van der Waals surface area contributed by atoms with E-state index in [4.69, 9.17) is 14.2 Å². The van der Waals surface area contributed by atoms with Crippen LogP contribution in [0.4, 0.5) is 20.2 Å². The number of rotatable bonds is 9. The van der Waals surface area contributed by atoms with Crippen LogP contribution in [0.25, 0.3) is 10.9 Å². The SMILES string of the molecule is CCN(C(=O)/C(=C\NC=O)C(=O)Nc1cc(F)c(Oc2ccnc3ccc4c(c23)OCCO4)cc1C)c1ccc(F)cc1. The van der Waals surface area contributed by atoms with Crippen LogP contribution in [0.3, 0.4) is 0 Å². The maximum atomic E-state index is 15.4. The molecule has 10 nitrogen and oxygen atoms in total. The maximum Gasteiger partial charge on any atom is 0.265 e. The Morgan fingerprint density at radius 3 is 2.56 bits per heavy atom. The van der Waals surface area contributed by atoms with Gasteiger partial charge in [-0.2, -0.15) is 0 Å². The second-order valence-electron chi connectivity index (χ2n) is 9.32. The Labute approximate surface area is 244 Å². The number of anilines is 2. The molecule has 3 amide bonds. The van der Waals surface area contributed by atoms with Gasteiger partial charge in [-0.15, -0.1) is 0 Å². The second-order valence-corrected chi connectivity index (χ2v) is 9.32. The molecule has 5 rings (SSSR count). The first kappa shape index (κ1) is 29.0. The number of aromatic nitrogens is 1. The Balaban J connectivity index is 1.41. The first-order chi connectivity index (χ1) is 20.8. The van der Waals surface area contributed by atoms with Gasteiger partial charge in [0.15, 0.2) is 23.1 Å². The van der Waals surface area contributed by atoms with Crippen LogP contribution in [0.15, 0.2) is 72.6 Å². The van der Waals surface area contributed by atoms with E-state index in [0.29, 0.717) is 59.0 Å². The molecule has 3 aromatic carbocycles. The van der Waals surface area contributed by atoms with E-state index in [0.717, 1.165) is 12.3 Å². The summed E-state index contributed by atoms with van der Waals surface area (Å²) in [5.74, 6) is -1.82. The molecule has 43 heavy (non-hydrogen) atoms. The number of fused-ring (bicyclic) bond motifs is 3. The number of benzene rings is 3. The van der Waals surface area contributed by atoms with E-state index >= 15 is 4.39 Å². The van der Waals surface area contributed by atoms with Crippen molar-refractivity contribution in [3.05, 3.63) is 89.8 Å². The largest absolute Gasteiger partial charge is 0.486 e. The molecular weight excluding hydrogens is 562 g/mol. The van der Waals surface area contributed by atoms with Crippen molar-refractivity contribution in [3.63, 3.8) is 0 Å². The molecule has 0 saturated heterocycles. The van der Waals surface area contributed by atoms with Gasteiger partial charge >= 0.3 is 0 Å². The third kappa shape index (κ3) is 6.08. The Hall–Kier alpha value is -5.52. The first-order valence-electron chi connectivity index (χ1n) is 13.2. The van der Waals surface area contributed by atoms with Gasteiger partial charge in [-0.05, 0) is 67.9 Å². The van der Waals surface area contributed by atoms with Gasteiger partial charge in [-0.3, -0.25) is 19.4 Å². The van der Waals surface area contributed by atoms with Crippen LogP contribution in [0.1, 0.15) is 12.5 Å². The van der Waals surface area contributed by atoms with Crippen LogP contribution in [-0.2, 0) is 14.4 Å². The van der Waals surface area contributed by atoms with E-state index < -0.39 is 29.0 Å². The summed E-state index contributed by atoms with van der Waals surface area (Å²) in [7, 11) is 0. The van der Waals surface area contributed by atoms with Gasteiger partial charge in [0.05, 0.1) is 10.9 Å². The lowest BCUT2D eigenvalue weighted by molar-refractivity contribution is -0.119. The fourth-order valence-electron chi connectivity index (χ4n) is 4.53. The topological polar surface area (TPSA) is 119 Å². The van der Waals surface area contributed by atoms with E-state index in [1.807, 2.05) is 0 Å². The number of likely N-dealkylation sites (N-methyl/N-ethyl adjacent to an activating group) is 1. The number of hydrogen-bond acceptors (Lipinski definition) is 7. The number of aryl methyl sites for hydroxylation is 1. The maximum absolute atomic E-state index is 15.4. The van der Waals surface area contributed by atoms with Crippen molar-refractivity contribution in [2.24, 2.45) is 0 Å². The molecule has 220 valence electrons. The lowest BCUT2D eigenvalue weighted by Gasteiger charge is -2.22. The van der Waals surface area contributed by atoms with Crippen molar-refractivity contribution < 1.29 is 37.4 Å². The number of nitrogens with one attached hydrogen (secondary N) is 2. The summed E-state index contributed by atoms with van der Waals surface area (Å²) in [5.41, 5.74) is 0.958. The zero-order chi connectivity index (χ0) is 30.5. The van der Waals surface area contributed by atoms with Crippen molar-refractivity contribution in [1.82, 2.24) is 10.3 Å². The summed E-state index contributed by atoms with van der Waals surface area (Å²) >= 11 is 0. The summed E-state index contributed by atoms with van der Waals surface area (Å²) in [6.07, 6.45) is 2.76. The third-order valence-corrected chi connectivity index (χ3v) is 6.59. The number of carbonyl (C=O) groups is 3. The van der Waals surface area contributed by atoms with Crippen LogP contribution in [0, 0.1) is 18.6 Å². The molecular formula is C31H26F2N4O6. The lowest BCUT2D eigenvalue weighted by atomic mass is 10.1. The van der Waals surface area contributed by atoms with Crippen molar-refractivity contribution in [2.75, 3.05) is 30.0 Å². The van der Waals surface area contributed by atoms with Crippen molar-refractivity contribution in [3.8, 4) is 23.0 Å². The molecule has 1 aromatic heterocycles. The Bertz CT molecular complexity index is 1740. The molecule has 0 spiro atoms. The van der Waals surface area contributed by atoms with E-state index in [1.54, 1.807) is 32.0 Å². The van der Waals surface area contributed by atoms with Crippen LogP contribution < -0.4 is 29.7 Å². The molecule has 0 fully saturated rings. The minimum Gasteiger partial charge on any atom is -0.486 e. The van der Waals surface area contributed by atoms with Gasteiger partial charge in [0.25, 0.3) is 11.8 Å². The molecule has 12 heteroatoms. The molecule has 0 bridgehead atoms. The predicted octanol–water partition coefficient (Wildman–Crippen LogP) is 5.01. The Morgan fingerprint density at radius 2 is 1.81 bits per heavy atom. The first-order valence-corrected chi connectivity index (χ1v) is 13.2. The predicted molar refractivity (Wildman–Crippen MR) is 154 cm³/mol. The molecule has 0 radical (unpaired) electrons. The highest BCUT2D eigenvalue weighted by atomic mass is 19.1. The number of carbonyl (C=O) groups excluding carboxylic acids is 3. The van der Waals surface area contributed by atoms with Crippen molar-refractivity contribution in [1.29, 1.82) is 0 Å². The van der Waals surface area contributed by atoms with Crippen LogP contribution in [0.2, 0.25) is 0 Å². The van der Waals surface area contributed by atoms with Gasteiger partial charge in [0.1, 0.15) is 30.4 Å². The molecule has 2 N–H and O–H groups in total. The minimum absolute atomic E-state index is 0.0678. The van der Waals surface area contributed by atoms with E-state index in [9.17, 15) is 18.8 Å². The van der Waals surface area contributed by atoms with E-state index in [-0.39, 0.29) is 18.0 Å². The van der Waals surface area contributed by atoms with Gasteiger partial charge in [0, 0.05) is 36.4 Å². The number of ether oxygens (including phenoxy) is 3. The number of amides is 3. The molecule has 0 aliphatic carbocycles. The van der Waals surface area contributed by atoms with Crippen LogP contribution in [0.5, 0.6) is 23.0 Å². The normalized spacial score (nSPS) is 12.4. The van der Waals surface area contributed by atoms with Gasteiger partial charge in [-0.1, -0.05) is 0 Å². The summed E-state index contributed by atoms with van der Waals surface area (Å²) in [6.45, 7) is 4.16. The fourth-order valence-corrected chi connectivity index (χ4v) is 4.53. The quantitative estimate of drug-likeness (QED) is 0.122. The minimum atomic E-state index is -0.903. The number of pyridine rings is 1. The van der Waals surface area contributed by atoms with Gasteiger partial charge in [0.2, 0.25) is 6.41 Å². The monoisotopic (exact) mass is 588 g/mol. The zero-order valence-corrected chi connectivity index (χ0v) is 23.1. The number of nitrogens with zero attached hydrogens (tertiary/aromatic N) is 2. The molecule has 0 saturated carbocycles. The standard InChI is InChI=1S/C31H26F2N4O6/c1-3-37(20-6-4-19(32)5-7-20)31(40)21(16-34-17-38)30(39)36-24-15-22(33)27(14-18(24)2)43-25-10-11-35-23-8-9-26-29(28(23)25)42-13-12-41-26/h4-11,14-17H,3,12-13H2,1-2H3,(H,34,38)(H,36,39)/b21-16-. The summed E-state index contributed by atoms with van der Waals surface area (Å²) < 4.78 is 46.2. The summed E-state index contributed by atoms with van der Waals surface area (Å²) in [5, 5.41) is 5.25. The average Bonchev–Trinajstić information content (AvgIpc) is 3.01. The molecule has 1 aliphatic heterocycles. The Morgan fingerprint density at radius 1 is 1.05 bits per heavy atom. The van der Waals surface area contributed by atoms with Crippen LogP contribution in [-0.4, -0.2) is 43.0 Å². The molecule has 0 atom stereocenters. The lowest BCUT2D eigenvalue weighted by Crippen LogP contribution is -2.36. The highest BCUT2D eigenvalue weighted by Gasteiger charge is 2.26. The summed E-state index contributed by atoms with van der Waals surface area (Å²) in [6, 6.07) is 12.7. The number of halogens is 2. The Kier molecular flexibility index (Phi) is 8.46. The second kappa shape index (κ2) is 12.6. The highest BCUT2D eigenvalue weighted by Crippen LogP contribution is 2.43. The fraction of sp³-hybridized carbons (Fsp3) is 0.161. The highest BCUT2D eigenvalue weighted by molar-refractivity contribution is 6.27. The van der Waals surface area contributed by atoms with Gasteiger partial charge in [-0.25, -0.2) is 8.78 Å². The molecule has 1 aliphatic rings. The molecule has 4 aromatic rings. The van der Waals surface area contributed by atoms with E-state index in [1.165, 1.54) is 41.4 Å².